The number of aromatic nitrogens is 2. The van der Waals surface area contributed by atoms with Crippen molar-refractivity contribution in [2.75, 3.05) is 11.4 Å². The Morgan fingerprint density at radius 1 is 1.19 bits per heavy atom. The predicted octanol–water partition coefficient (Wildman–Crippen LogP) is 2.67. The molecule has 1 unspecified atom stereocenters. The van der Waals surface area contributed by atoms with Gasteiger partial charge in [0.25, 0.3) is 5.91 Å². The van der Waals surface area contributed by atoms with Crippen LogP contribution < -0.4 is 10.6 Å². The largest absolute Gasteiger partial charge is 0.481 e. The molecule has 10 nitrogen and oxygen atoms in total. The second kappa shape index (κ2) is 8.66. The van der Waals surface area contributed by atoms with Crippen molar-refractivity contribution in [1.82, 2.24) is 14.5 Å². The highest BCUT2D eigenvalue weighted by molar-refractivity contribution is 6.12. The van der Waals surface area contributed by atoms with E-state index in [4.69, 9.17) is 5.73 Å². The van der Waals surface area contributed by atoms with Crippen LogP contribution in [0, 0.1) is 12.8 Å². The number of imidazole rings is 1. The lowest BCUT2D eigenvalue weighted by atomic mass is 9.99. The third kappa shape index (κ3) is 4.12. The van der Waals surface area contributed by atoms with E-state index in [1.165, 1.54) is 29.7 Å². The lowest BCUT2D eigenvalue weighted by Gasteiger charge is -2.37. The van der Waals surface area contributed by atoms with Crippen molar-refractivity contribution in [2.24, 2.45) is 18.7 Å². The maximum Gasteiger partial charge on any atom is 0.416 e. The molecule has 0 radical (unpaired) electrons. The molecule has 13 heteroatoms. The number of aryl methyl sites for hydroxylation is 1. The smallest absolute Gasteiger partial charge is 0.416 e. The van der Waals surface area contributed by atoms with Crippen molar-refractivity contribution in [3.63, 3.8) is 0 Å². The van der Waals surface area contributed by atoms with E-state index < -0.39 is 54.6 Å². The zero-order valence-electron chi connectivity index (χ0n) is 19.0. The Morgan fingerprint density at radius 3 is 2.50 bits per heavy atom. The molecule has 0 spiro atoms. The number of benzene rings is 2. The minimum atomic E-state index is -4.65. The predicted molar refractivity (Wildman–Crippen MR) is 120 cm³/mol. The van der Waals surface area contributed by atoms with Crippen molar-refractivity contribution in [3.8, 4) is 0 Å². The molecule has 1 fully saturated rings. The molecule has 3 aromatic rings. The molecular formula is C23H20F3N5O5. The Hall–Kier alpha value is -4.42. The molecule has 2 heterocycles. The molecule has 1 aromatic heterocycles. The maximum absolute atomic E-state index is 13.3. The number of carboxylic acids is 1. The van der Waals surface area contributed by atoms with Gasteiger partial charge in [-0.15, -0.1) is 0 Å². The maximum atomic E-state index is 13.3. The van der Waals surface area contributed by atoms with E-state index in [1.807, 2.05) is 0 Å². The van der Waals surface area contributed by atoms with Crippen molar-refractivity contribution in [1.29, 1.82) is 0 Å². The summed E-state index contributed by atoms with van der Waals surface area (Å²) in [5.41, 5.74) is 5.26. The Kier molecular flexibility index (Phi) is 5.94. The number of aliphatic carboxylic acids is 1. The first-order valence-electron chi connectivity index (χ1n) is 10.6. The van der Waals surface area contributed by atoms with Crippen LogP contribution in [0.5, 0.6) is 0 Å². The number of amides is 4. The first-order chi connectivity index (χ1) is 16.8. The summed E-state index contributed by atoms with van der Waals surface area (Å²) in [7, 11) is 1.57. The number of anilines is 1. The van der Waals surface area contributed by atoms with Gasteiger partial charge in [0.05, 0.1) is 23.1 Å². The van der Waals surface area contributed by atoms with Crippen LogP contribution in [-0.2, 0) is 29.4 Å². The van der Waals surface area contributed by atoms with Crippen molar-refractivity contribution >= 4 is 40.5 Å². The number of halogens is 3. The number of carboxylic acid groups (broad SMARTS) is 1. The summed E-state index contributed by atoms with van der Waals surface area (Å²) < 4.78 is 41.5. The summed E-state index contributed by atoms with van der Waals surface area (Å²) in [5, 5.41) is 9.62. The molecule has 3 N–H and O–H groups in total. The summed E-state index contributed by atoms with van der Waals surface area (Å²) >= 11 is 0. The van der Waals surface area contributed by atoms with E-state index in [-0.39, 0.29) is 22.6 Å². The monoisotopic (exact) mass is 503 g/mol. The first-order valence-corrected chi connectivity index (χ1v) is 10.6. The third-order valence-corrected chi connectivity index (χ3v) is 6.17. The molecule has 1 aliphatic rings. The summed E-state index contributed by atoms with van der Waals surface area (Å²) in [6.07, 6.45) is -4.65. The number of hydrogen-bond acceptors (Lipinski definition) is 5. The third-order valence-electron chi connectivity index (χ3n) is 6.17. The van der Waals surface area contributed by atoms with Gasteiger partial charge in [0, 0.05) is 19.3 Å². The number of carbonyl (C=O) groups is 4. The van der Waals surface area contributed by atoms with Gasteiger partial charge in [-0.25, -0.2) is 9.78 Å². The number of fused-ring (bicyclic) bond motifs is 1. The highest BCUT2D eigenvalue weighted by Gasteiger charge is 2.44. The van der Waals surface area contributed by atoms with Crippen LogP contribution in [0.4, 0.5) is 23.7 Å². The van der Waals surface area contributed by atoms with Crippen LogP contribution in [0.25, 0.3) is 11.0 Å². The first kappa shape index (κ1) is 24.7. The van der Waals surface area contributed by atoms with Gasteiger partial charge in [0.1, 0.15) is 0 Å². The quantitative estimate of drug-likeness (QED) is 0.514. The number of nitrogens with zero attached hydrogens (tertiary/aromatic N) is 4. The van der Waals surface area contributed by atoms with E-state index in [9.17, 15) is 37.5 Å². The number of hydrogen-bond donors (Lipinski definition) is 2. The summed E-state index contributed by atoms with van der Waals surface area (Å²) in [5.74, 6) is -4.97. The molecule has 0 aliphatic carbocycles. The minimum Gasteiger partial charge on any atom is -0.481 e. The molecule has 0 saturated carbocycles. The average Bonchev–Trinajstić information content (AvgIpc) is 3.12. The molecule has 1 aliphatic heterocycles. The SMILES string of the molecule is Cc1c(CN2C(=O)C(C(=O)O)CN(c3ccc4c(c3)nc(C(N)=O)n4C)C2=O)cccc1C(F)(F)F. The lowest BCUT2D eigenvalue weighted by molar-refractivity contribution is -0.150. The van der Waals surface area contributed by atoms with Crippen LogP contribution in [0.15, 0.2) is 36.4 Å². The van der Waals surface area contributed by atoms with Crippen LogP contribution in [0.1, 0.15) is 27.3 Å². The zero-order valence-corrected chi connectivity index (χ0v) is 19.0. The Morgan fingerprint density at radius 2 is 1.89 bits per heavy atom. The molecule has 188 valence electrons. The van der Waals surface area contributed by atoms with Crippen LogP contribution in [0.2, 0.25) is 0 Å². The van der Waals surface area contributed by atoms with Gasteiger partial charge in [-0.3, -0.25) is 24.2 Å². The summed E-state index contributed by atoms with van der Waals surface area (Å²) in [4.78, 5) is 55.5. The van der Waals surface area contributed by atoms with Gasteiger partial charge in [0.2, 0.25) is 5.91 Å². The fourth-order valence-electron chi connectivity index (χ4n) is 4.22. The second-order valence-electron chi connectivity index (χ2n) is 8.33. The van der Waals surface area contributed by atoms with Gasteiger partial charge >= 0.3 is 18.2 Å². The molecular weight excluding hydrogens is 483 g/mol. The summed E-state index contributed by atoms with van der Waals surface area (Å²) in [6.45, 7) is 0.173. The molecule has 1 saturated heterocycles. The van der Waals surface area contributed by atoms with Gasteiger partial charge in [-0.2, -0.15) is 13.2 Å². The van der Waals surface area contributed by atoms with Crippen molar-refractivity contribution < 1.29 is 37.5 Å². The second-order valence-corrected chi connectivity index (χ2v) is 8.33. The highest BCUT2D eigenvalue weighted by Crippen LogP contribution is 2.34. The Bertz CT molecular complexity index is 1430. The molecule has 4 rings (SSSR count). The number of urea groups is 1. The molecule has 2 aromatic carbocycles. The Labute approximate surface area is 201 Å². The lowest BCUT2D eigenvalue weighted by Crippen LogP contribution is -2.58. The van der Waals surface area contributed by atoms with E-state index in [0.29, 0.717) is 15.9 Å². The number of nitrogens with two attached hydrogens (primary N) is 1. The molecule has 36 heavy (non-hydrogen) atoms. The number of rotatable bonds is 5. The normalized spacial score (nSPS) is 16.6. The number of alkyl halides is 3. The summed E-state index contributed by atoms with van der Waals surface area (Å²) in [6, 6.07) is 6.93. The van der Waals surface area contributed by atoms with Gasteiger partial charge in [0.15, 0.2) is 11.7 Å². The van der Waals surface area contributed by atoms with Gasteiger partial charge < -0.3 is 15.4 Å². The van der Waals surface area contributed by atoms with Crippen LogP contribution in [0.3, 0.4) is 0 Å². The van der Waals surface area contributed by atoms with Crippen molar-refractivity contribution in [3.05, 3.63) is 58.9 Å². The minimum absolute atomic E-state index is 0.0349. The molecule has 0 bridgehead atoms. The molecule has 1 atom stereocenters. The molecule has 4 amide bonds. The van der Waals surface area contributed by atoms with Crippen molar-refractivity contribution in [2.45, 2.75) is 19.6 Å². The van der Waals surface area contributed by atoms with Crippen LogP contribution >= 0.6 is 0 Å². The number of imide groups is 1. The fourth-order valence-corrected chi connectivity index (χ4v) is 4.22. The number of primary amides is 1. The zero-order chi connectivity index (χ0) is 26.5. The van der Waals surface area contributed by atoms with Gasteiger partial charge in [-0.05, 0) is 42.3 Å². The van der Waals surface area contributed by atoms with Crippen LogP contribution in [-0.4, -0.2) is 49.9 Å². The van der Waals surface area contributed by atoms with E-state index in [2.05, 4.69) is 4.98 Å². The fraction of sp³-hybridized carbons (Fsp3) is 0.261. The van der Waals surface area contributed by atoms with Gasteiger partial charge in [-0.1, -0.05) is 12.1 Å². The number of carbonyl (C=O) groups excluding carboxylic acids is 3. The topological polar surface area (TPSA) is 139 Å². The average molecular weight is 503 g/mol. The highest BCUT2D eigenvalue weighted by atomic mass is 19.4. The Balaban J connectivity index is 1.75. The van der Waals surface area contributed by atoms with E-state index in [1.54, 1.807) is 13.1 Å². The van der Waals surface area contributed by atoms with E-state index >= 15 is 0 Å². The standard InChI is InChI=1S/C23H20F3N5O5/c1-11-12(4-3-5-15(11)23(24,25)26)9-31-20(33)14(21(34)35)10-30(22(31)36)13-6-7-17-16(8-13)28-19(18(27)32)29(17)2/h3-8,14H,9-10H2,1-2H3,(H2,27,32)(H,34,35). The van der Waals surface area contributed by atoms with E-state index in [0.717, 1.165) is 17.0 Å².